The number of halogens is 1. The van der Waals surface area contributed by atoms with Crippen molar-refractivity contribution in [3.8, 4) is 0 Å². The van der Waals surface area contributed by atoms with Crippen LogP contribution in [0.4, 0.5) is 10.1 Å². The van der Waals surface area contributed by atoms with Crippen molar-refractivity contribution in [2.45, 2.75) is 13.0 Å². The molecule has 1 unspecified atom stereocenters. The van der Waals surface area contributed by atoms with Crippen molar-refractivity contribution >= 4 is 22.9 Å². The standard InChI is InChI=1S/C13H11FN2O3S/c1-8(12-3-2-6-20-12)15-13(17)10-7-9(16(18)19)4-5-11(10)14/h2-8H,1H3,(H,15,17). The largest absolute Gasteiger partial charge is 0.345 e. The average Bonchev–Trinajstić information content (AvgIpc) is 2.92. The van der Waals surface area contributed by atoms with Gasteiger partial charge < -0.3 is 5.32 Å². The Kier molecular flexibility index (Phi) is 4.09. The van der Waals surface area contributed by atoms with Gasteiger partial charge in [0.1, 0.15) is 5.82 Å². The molecule has 104 valence electrons. The smallest absolute Gasteiger partial charge is 0.270 e. The number of thiophene rings is 1. The molecule has 0 saturated carbocycles. The van der Waals surface area contributed by atoms with Gasteiger partial charge in [0.25, 0.3) is 11.6 Å². The Labute approximate surface area is 118 Å². The highest BCUT2D eigenvalue weighted by atomic mass is 32.1. The highest BCUT2D eigenvalue weighted by molar-refractivity contribution is 7.10. The van der Waals surface area contributed by atoms with Gasteiger partial charge in [0.2, 0.25) is 0 Å². The lowest BCUT2D eigenvalue weighted by atomic mass is 10.1. The predicted molar refractivity (Wildman–Crippen MR) is 73.3 cm³/mol. The number of hydrogen-bond donors (Lipinski definition) is 1. The third kappa shape index (κ3) is 3.00. The van der Waals surface area contributed by atoms with Crippen molar-refractivity contribution in [2.75, 3.05) is 0 Å². The fourth-order valence-corrected chi connectivity index (χ4v) is 2.42. The van der Waals surface area contributed by atoms with Crippen LogP contribution in [0.5, 0.6) is 0 Å². The predicted octanol–water partition coefficient (Wildman–Crippen LogP) is 3.29. The van der Waals surface area contributed by atoms with Gasteiger partial charge in [0.05, 0.1) is 16.5 Å². The van der Waals surface area contributed by atoms with Gasteiger partial charge >= 0.3 is 0 Å². The molecule has 0 saturated heterocycles. The molecule has 2 rings (SSSR count). The van der Waals surface area contributed by atoms with Crippen LogP contribution in [0.15, 0.2) is 35.7 Å². The highest BCUT2D eigenvalue weighted by Gasteiger charge is 2.19. The van der Waals surface area contributed by atoms with Crippen molar-refractivity contribution in [3.05, 3.63) is 62.1 Å². The fraction of sp³-hybridized carbons (Fsp3) is 0.154. The summed E-state index contributed by atoms with van der Waals surface area (Å²) in [6.45, 7) is 1.76. The molecule has 0 aliphatic rings. The molecule has 1 amide bonds. The summed E-state index contributed by atoms with van der Waals surface area (Å²) in [6, 6.07) is 6.28. The van der Waals surface area contributed by atoms with Crippen LogP contribution in [0.25, 0.3) is 0 Å². The zero-order valence-electron chi connectivity index (χ0n) is 10.5. The van der Waals surface area contributed by atoms with E-state index in [9.17, 15) is 19.3 Å². The molecule has 1 atom stereocenters. The molecule has 0 spiro atoms. The summed E-state index contributed by atoms with van der Waals surface area (Å²) in [5.74, 6) is -1.46. The zero-order valence-corrected chi connectivity index (χ0v) is 11.3. The number of carbonyl (C=O) groups is 1. The first kappa shape index (κ1) is 14.1. The molecule has 1 N–H and O–H groups in total. The minimum atomic E-state index is -0.786. The number of rotatable bonds is 4. The Bertz CT molecular complexity index is 643. The summed E-state index contributed by atoms with van der Waals surface area (Å²) in [5.41, 5.74) is -0.650. The van der Waals surface area contributed by atoms with E-state index in [1.165, 1.54) is 11.3 Å². The van der Waals surface area contributed by atoms with Gasteiger partial charge in [-0.25, -0.2) is 4.39 Å². The van der Waals surface area contributed by atoms with Gasteiger partial charge in [-0.15, -0.1) is 11.3 Å². The average molecular weight is 294 g/mol. The van der Waals surface area contributed by atoms with Gasteiger partial charge in [0, 0.05) is 17.0 Å². The minimum absolute atomic E-state index is 0.291. The van der Waals surface area contributed by atoms with Gasteiger partial charge in [0.15, 0.2) is 0 Å². The van der Waals surface area contributed by atoms with E-state index in [0.717, 1.165) is 23.1 Å². The number of nitrogens with zero attached hydrogens (tertiary/aromatic N) is 1. The second-order valence-electron chi connectivity index (χ2n) is 4.13. The van der Waals surface area contributed by atoms with Gasteiger partial charge in [-0.2, -0.15) is 0 Å². The molecule has 0 fully saturated rings. The van der Waals surface area contributed by atoms with Crippen molar-refractivity contribution in [3.63, 3.8) is 0 Å². The Hall–Kier alpha value is -2.28. The lowest BCUT2D eigenvalue weighted by molar-refractivity contribution is -0.384. The van der Waals surface area contributed by atoms with E-state index in [0.29, 0.717) is 0 Å². The number of amides is 1. The van der Waals surface area contributed by atoms with E-state index in [2.05, 4.69) is 5.32 Å². The first-order chi connectivity index (χ1) is 9.49. The van der Waals surface area contributed by atoms with Crippen molar-refractivity contribution < 1.29 is 14.1 Å². The van der Waals surface area contributed by atoms with Gasteiger partial charge in [-0.3, -0.25) is 14.9 Å². The van der Waals surface area contributed by atoms with E-state index in [-0.39, 0.29) is 17.3 Å². The summed E-state index contributed by atoms with van der Waals surface area (Å²) in [6.07, 6.45) is 0. The number of nitrogens with one attached hydrogen (secondary N) is 1. The number of nitro groups is 1. The molecular formula is C13H11FN2O3S. The van der Waals surface area contributed by atoms with Crippen molar-refractivity contribution in [1.29, 1.82) is 0 Å². The van der Waals surface area contributed by atoms with Crippen LogP contribution in [0.3, 0.4) is 0 Å². The molecule has 0 radical (unpaired) electrons. The maximum atomic E-state index is 13.6. The molecule has 1 heterocycles. The summed E-state index contributed by atoms with van der Waals surface area (Å²) in [5, 5.41) is 15.1. The number of carbonyl (C=O) groups excluding carboxylic acids is 1. The molecule has 20 heavy (non-hydrogen) atoms. The summed E-state index contributed by atoms with van der Waals surface area (Å²) < 4.78 is 13.6. The first-order valence-electron chi connectivity index (χ1n) is 5.77. The summed E-state index contributed by atoms with van der Waals surface area (Å²) >= 11 is 1.46. The Morgan fingerprint density at radius 3 is 2.80 bits per heavy atom. The second kappa shape index (κ2) is 5.79. The van der Waals surface area contributed by atoms with E-state index < -0.39 is 16.6 Å². The third-order valence-electron chi connectivity index (χ3n) is 2.72. The van der Waals surface area contributed by atoms with Crippen LogP contribution in [-0.4, -0.2) is 10.8 Å². The highest BCUT2D eigenvalue weighted by Crippen LogP contribution is 2.21. The quantitative estimate of drug-likeness (QED) is 0.694. The molecule has 0 bridgehead atoms. The third-order valence-corrected chi connectivity index (χ3v) is 3.78. The Morgan fingerprint density at radius 2 is 2.20 bits per heavy atom. The number of nitro benzene ring substituents is 1. The summed E-state index contributed by atoms with van der Waals surface area (Å²) in [7, 11) is 0. The fourth-order valence-electron chi connectivity index (χ4n) is 1.68. The van der Waals surface area contributed by atoms with E-state index >= 15 is 0 Å². The molecule has 7 heteroatoms. The van der Waals surface area contributed by atoms with E-state index in [1.54, 1.807) is 6.92 Å². The van der Waals surface area contributed by atoms with Gasteiger partial charge in [-0.05, 0) is 24.4 Å². The number of benzene rings is 1. The van der Waals surface area contributed by atoms with E-state index in [4.69, 9.17) is 0 Å². The van der Waals surface area contributed by atoms with Crippen LogP contribution in [-0.2, 0) is 0 Å². The van der Waals surface area contributed by atoms with Crippen LogP contribution in [0.1, 0.15) is 28.2 Å². The SMILES string of the molecule is CC(NC(=O)c1cc([N+](=O)[O-])ccc1F)c1cccs1. The molecular weight excluding hydrogens is 283 g/mol. The molecule has 5 nitrogen and oxygen atoms in total. The lowest BCUT2D eigenvalue weighted by Crippen LogP contribution is -2.27. The zero-order chi connectivity index (χ0) is 14.7. The molecule has 0 aliphatic heterocycles. The van der Waals surface area contributed by atoms with Crippen molar-refractivity contribution in [2.24, 2.45) is 0 Å². The molecule has 1 aromatic heterocycles. The summed E-state index contributed by atoms with van der Waals surface area (Å²) in [4.78, 5) is 22.9. The maximum Gasteiger partial charge on any atom is 0.270 e. The number of hydrogen-bond acceptors (Lipinski definition) is 4. The molecule has 1 aromatic carbocycles. The van der Waals surface area contributed by atoms with Crippen LogP contribution >= 0.6 is 11.3 Å². The maximum absolute atomic E-state index is 13.6. The first-order valence-corrected chi connectivity index (χ1v) is 6.65. The molecule has 2 aromatic rings. The topological polar surface area (TPSA) is 72.2 Å². The van der Waals surface area contributed by atoms with Crippen LogP contribution in [0.2, 0.25) is 0 Å². The Balaban J connectivity index is 2.20. The lowest BCUT2D eigenvalue weighted by Gasteiger charge is -2.12. The van der Waals surface area contributed by atoms with Crippen LogP contribution < -0.4 is 5.32 Å². The monoisotopic (exact) mass is 294 g/mol. The normalized spacial score (nSPS) is 11.9. The Morgan fingerprint density at radius 1 is 1.45 bits per heavy atom. The number of non-ortho nitro benzene ring substituents is 1. The second-order valence-corrected chi connectivity index (χ2v) is 5.11. The van der Waals surface area contributed by atoms with Crippen molar-refractivity contribution in [1.82, 2.24) is 5.32 Å². The molecule has 0 aliphatic carbocycles. The minimum Gasteiger partial charge on any atom is -0.345 e. The van der Waals surface area contributed by atoms with Gasteiger partial charge in [-0.1, -0.05) is 6.07 Å². The van der Waals surface area contributed by atoms with Crippen LogP contribution in [0, 0.1) is 15.9 Å². The van der Waals surface area contributed by atoms with E-state index in [1.807, 2.05) is 17.5 Å².